The molecule has 0 spiro atoms. The van der Waals surface area contributed by atoms with Crippen molar-refractivity contribution in [3.63, 3.8) is 0 Å². The Labute approximate surface area is 107 Å². The maximum Gasteiger partial charge on any atom is 0.320 e. The molecule has 2 atom stereocenters. The zero-order valence-electron chi connectivity index (χ0n) is 9.51. The van der Waals surface area contributed by atoms with E-state index in [1.54, 1.807) is 0 Å². The van der Waals surface area contributed by atoms with Gasteiger partial charge in [0.25, 0.3) is 0 Å². The average Bonchev–Trinajstić information content (AvgIpc) is 2.30. The summed E-state index contributed by atoms with van der Waals surface area (Å²) in [4.78, 5) is 22.7. The molecule has 0 N–H and O–H groups in total. The van der Waals surface area contributed by atoms with Crippen molar-refractivity contribution in [2.24, 2.45) is 0 Å². The van der Waals surface area contributed by atoms with Crippen molar-refractivity contribution >= 4 is 37.2 Å². The van der Waals surface area contributed by atoms with Crippen LogP contribution in [0, 0.1) is 0 Å². The summed E-state index contributed by atoms with van der Waals surface area (Å²) >= 11 is 8.00. The molecule has 94 valence electrons. The number of hydrogen-bond donors (Lipinski definition) is 2. The van der Waals surface area contributed by atoms with Gasteiger partial charge in [0, 0.05) is 0 Å². The molecule has 0 radical (unpaired) electrons. The van der Waals surface area contributed by atoms with Crippen LogP contribution in [-0.2, 0) is 19.1 Å². The monoisotopic (exact) mass is 266 g/mol. The second kappa shape index (κ2) is 8.75. The highest BCUT2D eigenvalue weighted by Gasteiger charge is 2.30. The molecular formula is C10H18O4S2. The predicted molar refractivity (Wildman–Crippen MR) is 68.0 cm³/mol. The van der Waals surface area contributed by atoms with Gasteiger partial charge in [0.05, 0.1) is 13.2 Å². The van der Waals surface area contributed by atoms with E-state index in [9.17, 15) is 9.59 Å². The Kier molecular flexibility index (Phi) is 8.56. The summed E-state index contributed by atoms with van der Waals surface area (Å²) in [5, 5.41) is -1.78. The van der Waals surface area contributed by atoms with Gasteiger partial charge < -0.3 is 9.47 Å². The second-order valence-corrected chi connectivity index (χ2v) is 4.34. The van der Waals surface area contributed by atoms with E-state index in [4.69, 9.17) is 9.47 Å². The third-order valence-corrected chi connectivity index (χ3v) is 2.93. The van der Waals surface area contributed by atoms with Crippen molar-refractivity contribution in [2.75, 3.05) is 13.2 Å². The van der Waals surface area contributed by atoms with Gasteiger partial charge >= 0.3 is 11.9 Å². The van der Waals surface area contributed by atoms with E-state index >= 15 is 0 Å². The molecule has 4 nitrogen and oxygen atoms in total. The first-order valence-corrected chi connectivity index (χ1v) is 6.27. The zero-order valence-corrected chi connectivity index (χ0v) is 11.3. The van der Waals surface area contributed by atoms with Crippen LogP contribution in [0.2, 0.25) is 0 Å². The van der Waals surface area contributed by atoms with Crippen molar-refractivity contribution in [3.8, 4) is 0 Å². The Hall–Kier alpha value is -0.360. The molecule has 16 heavy (non-hydrogen) atoms. The summed E-state index contributed by atoms with van der Waals surface area (Å²) in [5.74, 6) is -1.09. The van der Waals surface area contributed by atoms with Gasteiger partial charge in [-0.25, -0.2) is 0 Å². The minimum Gasteiger partial charge on any atom is -0.465 e. The molecule has 0 rings (SSSR count). The van der Waals surface area contributed by atoms with Gasteiger partial charge in [-0.2, -0.15) is 25.3 Å². The lowest BCUT2D eigenvalue weighted by molar-refractivity contribution is -0.149. The molecule has 0 saturated carbocycles. The highest BCUT2D eigenvalue weighted by Crippen LogP contribution is 2.13. The maximum atomic E-state index is 11.4. The summed E-state index contributed by atoms with van der Waals surface area (Å²) in [6.07, 6.45) is 1.45. The van der Waals surface area contributed by atoms with Crippen molar-refractivity contribution in [2.45, 2.75) is 37.2 Å². The fourth-order valence-corrected chi connectivity index (χ4v) is 1.23. The largest absolute Gasteiger partial charge is 0.465 e. The molecule has 2 unspecified atom stereocenters. The fraction of sp³-hybridized carbons (Fsp3) is 0.800. The normalized spacial score (nSPS) is 14.0. The Morgan fingerprint density at radius 2 is 1.25 bits per heavy atom. The average molecular weight is 266 g/mol. The Balaban J connectivity index is 4.09. The van der Waals surface area contributed by atoms with Crippen molar-refractivity contribution in [3.05, 3.63) is 0 Å². The van der Waals surface area contributed by atoms with Crippen LogP contribution in [0.4, 0.5) is 0 Å². The number of thiol groups is 2. The van der Waals surface area contributed by atoms with E-state index in [-0.39, 0.29) is 0 Å². The van der Waals surface area contributed by atoms with Crippen LogP contribution in [0.15, 0.2) is 0 Å². The molecule has 6 heteroatoms. The number of hydrogen-bond acceptors (Lipinski definition) is 6. The van der Waals surface area contributed by atoms with Crippen molar-refractivity contribution in [1.29, 1.82) is 0 Å². The molecule has 0 amide bonds. The predicted octanol–water partition coefficient (Wildman–Crippen LogP) is 1.49. The summed E-state index contributed by atoms with van der Waals surface area (Å²) in [7, 11) is 0. The van der Waals surface area contributed by atoms with Crippen LogP contribution in [-0.4, -0.2) is 35.7 Å². The minimum atomic E-state index is -0.890. The smallest absolute Gasteiger partial charge is 0.320 e. The lowest BCUT2D eigenvalue weighted by atomic mass is 10.3. The molecule has 0 aliphatic carbocycles. The zero-order chi connectivity index (χ0) is 12.6. The first-order valence-electron chi connectivity index (χ1n) is 5.24. The first kappa shape index (κ1) is 15.6. The minimum absolute atomic E-state index is 0.320. The van der Waals surface area contributed by atoms with Gasteiger partial charge in [0.2, 0.25) is 0 Å². The molecule has 0 heterocycles. The number of esters is 2. The molecule has 0 aromatic rings. The Morgan fingerprint density at radius 1 is 0.938 bits per heavy atom. The summed E-state index contributed by atoms with van der Waals surface area (Å²) < 4.78 is 9.71. The number of carbonyl (C=O) groups is 2. The van der Waals surface area contributed by atoms with Gasteiger partial charge in [-0.05, 0) is 12.8 Å². The second-order valence-electron chi connectivity index (χ2n) is 3.22. The molecule has 0 saturated heterocycles. The van der Waals surface area contributed by atoms with Gasteiger partial charge in [0.15, 0.2) is 0 Å². The van der Waals surface area contributed by atoms with Gasteiger partial charge in [0.1, 0.15) is 10.5 Å². The van der Waals surface area contributed by atoms with E-state index in [0.717, 1.165) is 12.8 Å². The standard InChI is InChI=1S/C10H18O4S2/c1-3-5-13-9(11)7(15)8(16)10(12)14-6-4-2/h7-8,15-16H,3-6H2,1-2H3. The summed E-state index contributed by atoms with van der Waals surface area (Å²) in [6, 6.07) is 0. The van der Waals surface area contributed by atoms with Crippen molar-refractivity contribution in [1.82, 2.24) is 0 Å². The van der Waals surface area contributed by atoms with Crippen LogP contribution in [0.25, 0.3) is 0 Å². The van der Waals surface area contributed by atoms with Gasteiger partial charge in [-0.15, -0.1) is 0 Å². The van der Waals surface area contributed by atoms with Gasteiger partial charge in [-0.3, -0.25) is 9.59 Å². The topological polar surface area (TPSA) is 52.6 Å². The van der Waals surface area contributed by atoms with E-state index in [0.29, 0.717) is 13.2 Å². The highest BCUT2D eigenvalue weighted by atomic mass is 32.1. The molecular weight excluding hydrogens is 248 g/mol. The van der Waals surface area contributed by atoms with Crippen LogP contribution >= 0.6 is 25.3 Å². The molecule has 0 aromatic carbocycles. The number of ether oxygens (including phenoxy) is 2. The molecule has 0 aromatic heterocycles. The first-order chi connectivity index (χ1) is 7.54. The van der Waals surface area contributed by atoms with E-state index in [2.05, 4.69) is 25.3 Å². The number of carbonyl (C=O) groups excluding carboxylic acids is 2. The summed E-state index contributed by atoms with van der Waals surface area (Å²) in [5.41, 5.74) is 0. The molecule has 0 fully saturated rings. The Morgan fingerprint density at radius 3 is 1.50 bits per heavy atom. The highest BCUT2D eigenvalue weighted by molar-refractivity contribution is 7.86. The lowest BCUT2D eigenvalue weighted by Gasteiger charge is -2.15. The van der Waals surface area contributed by atoms with Crippen LogP contribution in [0.5, 0.6) is 0 Å². The Bertz CT molecular complexity index is 209. The fourth-order valence-electron chi connectivity index (χ4n) is 0.834. The molecule has 0 bridgehead atoms. The van der Waals surface area contributed by atoms with E-state index < -0.39 is 22.4 Å². The summed E-state index contributed by atoms with van der Waals surface area (Å²) in [6.45, 7) is 4.41. The van der Waals surface area contributed by atoms with Crippen LogP contribution in [0.3, 0.4) is 0 Å². The molecule has 0 aliphatic rings. The van der Waals surface area contributed by atoms with Crippen LogP contribution < -0.4 is 0 Å². The van der Waals surface area contributed by atoms with Crippen LogP contribution in [0.1, 0.15) is 26.7 Å². The lowest BCUT2D eigenvalue weighted by Crippen LogP contribution is -2.34. The third-order valence-electron chi connectivity index (χ3n) is 1.68. The maximum absolute atomic E-state index is 11.4. The van der Waals surface area contributed by atoms with Crippen molar-refractivity contribution < 1.29 is 19.1 Å². The quantitative estimate of drug-likeness (QED) is 0.541. The van der Waals surface area contributed by atoms with Gasteiger partial charge in [-0.1, -0.05) is 13.8 Å². The third kappa shape index (κ3) is 5.65. The van der Waals surface area contributed by atoms with E-state index in [1.165, 1.54) is 0 Å². The number of rotatable bonds is 7. The molecule has 0 aliphatic heterocycles. The van der Waals surface area contributed by atoms with E-state index in [1.807, 2.05) is 13.8 Å². The SMILES string of the molecule is CCCOC(=O)C(S)C(S)C(=O)OCCC.